The Hall–Kier alpha value is -2.36. The minimum Gasteiger partial charge on any atom is -0.468 e. The zero-order valence-corrected chi connectivity index (χ0v) is 10.3. The smallest absolute Gasteiger partial charge is 0.299 e. The Morgan fingerprint density at radius 2 is 2.39 bits per heavy atom. The number of hydrogen-bond donors (Lipinski definition) is 1. The van der Waals surface area contributed by atoms with Crippen LogP contribution in [-0.4, -0.2) is 29.1 Å². The number of rotatable bonds is 5. The molecule has 0 radical (unpaired) electrons. The second kappa shape index (κ2) is 6.39. The van der Waals surface area contributed by atoms with Crippen molar-refractivity contribution in [3.8, 4) is 12.1 Å². The average molecular weight is 250 g/mol. The summed E-state index contributed by atoms with van der Waals surface area (Å²) in [5.41, 5.74) is 0.174. The van der Waals surface area contributed by atoms with Crippen molar-refractivity contribution in [1.29, 1.82) is 5.26 Å². The van der Waals surface area contributed by atoms with E-state index in [0.717, 1.165) is 4.57 Å². The molecule has 18 heavy (non-hydrogen) atoms. The molecule has 1 N–H and O–H groups in total. The number of ether oxygens (including phenoxy) is 1. The van der Waals surface area contributed by atoms with E-state index in [0.29, 0.717) is 5.69 Å². The number of nitrogens with one attached hydrogen (secondary N) is 1. The first-order chi connectivity index (χ1) is 8.58. The highest BCUT2D eigenvalue weighted by Crippen LogP contribution is 2.03. The molecule has 0 spiro atoms. The van der Waals surface area contributed by atoms with Gasteiger partial charge in [-0.1, -0.05) is 0 Å². The molecule has 0 bridgehead atoms. The van der Waals surface area contributed by atoms with E-state index in [1.54, 1.807) is 6.92 Å². The molecule has 7 nitrogen and oxygen atoms in total. The number of carbonyl (C=O) groups excluding carboxylic acids is 1. The molecular weight excluding hydrogens is 236 g/mol. The first-order valence-electron chi connectivity index (χ1n) is 5.34. The van der Waals surface area contributed by atoms with E-state index >= 15 is 0 Å². The van der Waals surface area contributed by atoms with Gasteiger partial charge in [0.15, 0.2) is 0 Å². The zero-order valence-electron chi connectivity index (χ0n) is 10.3. The number of nitrogens with zero attached hydrogens (tertiary/aromatic N) is 3. The van der Waals surface area contributed by atoms with Gasteiger partial charge in [0.25, 0.3) is 11.6 Å². The Labute approximate surface area is 104 Å². The molecule has 0 aliphatic heterocycles. The maximum absolute atomic E-state index is 11.7. The lowest BCUT2D eigenvalue weighted by atomic mass is 10.4. The lowest BCUT2D eigenvalue weighted by molar-refractivity contribution is -0.121. The number of amides is 1. The number of carbonyl (C=O) groups is 1. The van der Waals surface area contributed by atoms with Crippen LogP contribution >= 0.6 is 0 Å². The van der Waals surface area contributed by atoms with E-state index < -0.39 is 0 Å². The molecule has 0 saturated heterocycles. The maximum atomic E-state index is 11.7. The van der Waals surface area contributed by atoms with Gasteiger partial charge >= 0.3 is 0 Å². The normalized spacial score (nSPS) is 9.61. The van der Waals surface area contributed by atoms with Crippen LogP contribution in [0.3, 0.4) is 0 Å². The molecule has 0 aliphatic carbocycles. The van der Waals surface area contributed by atoms with Crippen molar-refractivity contribution in [3.05, 3.63) is 22.1 Å². The molecule has 96 valence electrons. The van der Waals surface area contributed by atoms with Crippen molar-refractivity contribution in [2.75, 3.05) is 13.7 Å². The standard InChI is InChI=1S/C11H14N4O3/c1-8-6-10(17)15(11(14-8)18-2)7-9(16)13-5-3-4-12/h6H,3,5,7H2,1-2H3,(H,13,16). The summed E-state index contributed by atoms with van der Waals surface area (Å²) < 4.78 is 6.09. The molecule has 0 aromatic carbocycles. The van der Waals surface area contributed by atoms with Crippen molar-refractivity contribution < 1.29 is 9.53 Å². The monoisotopic (exact) mass is 250 g/mol. The van der Waals surface area contributed by atoms with E-state index in [4.69, 9.17) is 10.00 Å². The van der Waals surface area contributed by atoms with Crippen molar-refractivity contribution in [2.24, 2.45) is 0 Å². The molecule has 7 heteroatoms. The van der Waals surface area contributed by atoms with Crippen molar-refractivity contribution >= 4 is 5.91 Å². The van der Waals surface area contributed by atoms with E-state index in [1.165, 1.54) is 13.2 Å². The molecule has 0 atom stereocenters. The highest BCUT2D eigenvalue weighted by Gasteiger charge is 2.11. The topological polar surface area (TPSA) is 97.0 Å². The highest BCUT2D eigenvalue weighted by molar-refractivity contribution is 5.75. The quantitative estimate of drug-likeness (QED) is 0.716. The third kappa shape index (κ3) is 3.59. The van der Waals surface area contributed by atoms with Gasteiger partial charge in [-0.2, -0.15) is 5.26 Å². The Morgan fingerprint density at radius 1 is 1.67 bits per heavy atom. The van der Waals surface area contributed by atoms with Gasteiger partial charge < -0.3 is 10.1 Å². The van der Waals surface area contributed by atoms with Crippen LogP contribution in [0.25, 0.3) is 0 Å². The molecule has 0 saturated carbocycles. The molecule has 1 aromatic rings. The third-order valence-electron chi connectivity index (χ3n) is 2.14. The summed E-state index contributed by atoms with van der Waals surface area (Å²) >= 11 is 0. The van der Waals surface area contributed by atoms with Crippen LogP contribution in [0, 0.1) is 18.3 Å². The second-order valence-corrected chi connectivity index (χ2v) is 3.57. The molecular formula is C11H14N4O3. The van der Waals surface area contributed by atoms with Crippen LogP contribution in [0.4, 0.5) is 0 Å². The van der Waals surface area contributed by atoms with Gasteiger partial charge in [0, 0.05) is 18.3 Å². The summed E-state index contributed by atoms with van der Waals surface area (Å²) in [5, 5.41) is 10.9. The Bertz CT molecular complexity index is 530. The summed E-state index contributed by atoms with van der Waals surface area (Å²) in [4.78, 5) is 27.2. The summed E-state index contributed by atoms with van der Waals surface area (Å²) in [5.74, 6) is -0.365. The number of nitriles is 1. The summed E-state index contributed by atoms with van der Waals surface area (Å²) in [6, 6.07) is 3.33. The van der Waals surface area contributed by atoms with E-state index in [9.17, 15) is 9.59 Å². The number of methoxy groups -OCH3 is 1. The van der Waals surface area contributed by atoms with Gasteiger partial charge in [-0.3, -0.25) is 14.2 Å². The van der Waals surface area contributed by atoms with Crippen LogP contribution in [0.15, 0.2) is 10.9 Å². The fourth-order valence-electron chi connectivity index (χ4n) is 1.35. The van der Waals surface area contributed by atoms with Crippen molar-refractivity contribution in [1.82, 2.24) is 14.9 Å². The molecule has 0 fully saturated rings. The van der Waals surface area contributed by atoms with Crippen LogP contribution in [0.1, 0.15) is 12.1 Å². The second-order valence-electron chi connectivity index (χ2n) is 3.57. The minimum absolute atomic E-state index is 0.0930. The van der Waals surface area contributed by atoms with Crippen LogP contribution < -0.4 is 15.6 Å². The third-order valence-corrected chi connectivity index (χ3v) is 2.14. The lowest BCUT2D eigenvalue weighted by Gasteiger charge is -2.10. The fraction of sp³-hybridized carbons (Fsp3) is 0.455. The fourth-order valence-corrected chi connectivity index (χ4v) is 1.35. The maximum Gasteiger partial charge on any atom is 0.299 e. The van der Waals surface area contributed by atoms with E-state index in [-0.39, 0.29) is 37.0 Å². The first-order valence-corrected chi connectivity index (χ1v) is 5.34. The number of aryl methyl sites for hydroxylation is 1. The van der Waals surface area contributed by atoms with Crippen molar-refractivity contribution in [3.63, 3.8) is 0 Å². The number of aromatic nitrogens is 2. The Morgan fingerprint density at radius 3 is 3.00 bits per heavy atom. The molecule has 1 heterocycles. The summed E-state index contributed by atoms with van der Waals surface area (Å²) in [7, 11) is 1.38. The van der Waals surface area contributed by atoms with Crippen molar-refractivity contribution in [2.45, 2.75) is 19.9 Å². The zero-order chi connectivity index (χ0) is 13.5. The molecule has 1 aromatic heterocycles. The molecule has 1 amide bonds. The Kier molecular flexibility index (Phi) is 4.87. The van der Waals surface area contributed by atoms with Crippen LogP contribution in [0.2, 0.25) is 0 Å². The SMILES string of the molecule is COc1nc(C)cc(=O)n1CC(=O)NCCC#N. The van der Waals surface area contributed by atoms with Gasteiger partial charge in [-0.05, 0) is 6.92 Å². The highest BCUT2D eigenvalue weighted by atomic mass is 16.5. The van der Waals surface area contributed by atoms with Gasteiger partial charge in [-0.25, -0.2) is 4.98 Å². The predicted molar refractivity (Wildman–Crippen MR) is 63.0 cm³/mol. The van der Waals surface area contributed by atoms with Gasteiger partial charge in [0.1, 0.15) is 6.54 Å². The molecule has 0 aliphatic rings. The summed E-state index contributed by atoms with van der Waals surface area (Å²) in [6.07, 6.45) is 0.226. The predicted octanol–water partition coefficient (Wildman–Crippen LogP) is -0.410. The Balaban J connectivity index is 2.81. The lowest BCUT2D eigenvalue weighted by Crippen LogP contribution is -2.33. The van der Waals surface area contributed by atoms with Crippen LogP contribution in [-0.2, 0) is 11.3 Å². The summed E-state index contributed by atoms with van der Waals surface area (Å²) in [6.45, 7) is 1.74. The van der Waals surface area contributed by atoms with E-state index in [1.807, 2.05) is 6.07 Å². The average Bonchev–Trinajstić information content (AvgIpc) is 2.32. The minimum atomic E-state index is -0.365. The molecule has 1 rings (SSSR count). The van der Waals surface area contributed by atoms with Crippen LogP contribution in [0.5, 0.6) is 6.01 Å². The van der Waals surface area contributed by atoms with Gasteiger partial charge in [0.2, 0.25) is 5.91 Å². The van der Waals surface area contributed by atoms with Gasteiger partial charge in [-0.15, -0.1) is 0 Å². The molecule has 0 unspecified atom stereocenters. The first kappa shape index (κ1) is 13.7. The van der Waals surface area contributed by atoms with Gasteiger partial charge in [0.05, 0.1) is 19.6 Å². The number of hydrogen-bond acceptors (Lipinski definition) is 5. The largest absolute Gasteiger partial charge is 0.468 e. The van der Waals surface area contributed by atoms with E-state index in [2.05, 4.69) is 10.3 Å².